The lowest BCUT2D eigenvalue weighted by Gasteiger charge is -2.44. The molecule has 4 heteroatoms. The van der Waals surface area contributed by atoms with Crippen molar-refractivity contribution in [2.75, 3.05) is 7.11 Å². The van der Waals surface area contributed by atoms with E-state index in [1.165, 1.54) is 10.4 Å². The Labute approximate surface area is 202 Å². The highest BCUT2D eigenvalue weighted by molar-refractivity contribution is 6.99. The number of benzene rings is 2. The predicted octanol–water partition coefficient (Wildman–Crippen LogP) is 6.06. The van der Waals surface area contributed by atoms with Gasteiger partial charge in [0, 0.05) is 19.6 Å². The van der Waals surface area contributed by atoms with E-state index >= 15 is 0 Å². The summed E-state index contributed by atoms with van der Waals surface area (Å²) in [7, 11) is -0.807. The van der Waals surface area contributed by atoms with Crippen molar-refractivity contribution in [2.24, 2.45) is 0 Å². The van der Waals surface area contributed by atoms with Crippen LogP contribution in [0.15, 0.2) is 72.8 Å². The molecule has 3 nitrogen and oxygen atoms in total. The van der Waals surface area contributed by atoms with Crippen LogP contribution in [0.3, 0.4) is 0 Å². The fourth-order valence-corrected chi connectivity index (χ4v) is 9.27. The van der Waals surface area contributed by atoms with Crippen LogP contribution in [0.1, 0.15) is 66.2 Å². The van der Waals surface area contributed by atoms with Gasteiger partial charge in [0.2, 0.25) is 0 Å². The monoisotopic (exact) mass is 466 g/mol. The zero-order valence-corrected chi connectivity index (χ0v) is 22.1. The molecule has 0 saturated carbocycles. The number of rotatable bonds is 14. The smallest absolute Gasteiger partial charge is 0.261 e. The van der Waals surface area contributed by atoms with E-state index in [0.29, 0.717) is 6.42 Å². The summed E-state index contributed by atoms with van der Waals surface area (Å²) in [4.78, 5) is 10.6. The van der Waals surface area contributed by atoms with E-state index in [9.17, 15) is 4.79 Å². The lowest BCUT2D eigenvalue weighted by molar-refractivity contribution is -0.110. The Morgan fingerprint density at radius 1 is 0.879 bits per heavy atom. The van der Waals surface area contributed by atoms with Crippen molar-refractivity contribution in [1.29, 1.82) is 0 Å². The molecule has 0 N–H and O–H groups in total. The standard InChI is InChI=1S/C29H42O3Si/c1-25(17-11-7-6-8-12-18-26(31-5)23-24-30)32-33(29(2,3)4,27-19-13-9-14-20-27)28-21-15-10-16-22-28/h6,8-10,13-16,19-22,24-26H,7,11-12,17-18,23H2,1-5H3/b8-6+/t25-,26+/m0/s1. The Kier molecular flexibility index (Phi) is 11.3. The number of ether oxygens (including phenoxy) is 1. The summed E-state index contributed by atoms with van der Waals surface area (Å²) in [5.41, 5.74) is 0. The van der Waals surface area contributed by atoms with E-state index in [2.05, 4.69) is 101 Å². The molecule has 0 aliphatic rings. The fourth-order valence-electron chi connectivity index (χ4n) is 4.53. The summed E-state index contributed by atoms with van der Waals surface area (Å²) in [6.45, 7) is 9.21. The lowest BCUT2D eigenvalue weighted by Crippen LogP contribution is -2.67. The Morgan fingerprint density at radius 3 is 1.91 bits per heavy atom. The topological polar surface area (TPSA) is 35.5 Å². The van der Waals surface area contributed by atoms with Crippen LogP contribution in [0.5, 0.6) is 0 Å². The first kappa shape index (κ1) is 27.2. The number of allylic oxidation sites excluding steroid dienone is 2. The van der Waals surface area contributed by atoms with Gasteiger partial charge < -0.3 is 14.0 Å². The van der Waals surface area contributed by atoms with Gasteiger partial charge in [-0.1, -0.05) is 93.6 Å². The number of aldehydes is 1. The van der Waals surface area contributed by atoms with Crippen LogP contribution in [-0.2, 0) is 14.0 Å². The predicted molar refractivity (Wildman–Crippen MR) is 142 cm³/mol. The summed E-state index contributed by atoms with van der Waals surface area (Å²) < 4.78 is 12.5. The van der Waals surface area contributed by atoms with Crippen LogP contribution in [0.25, 0.3) is 0 Å². The molecular weight excluding hydrogens is 424 g/mol. The van der Waals surface area contributed by atoms with E-state index in [-0.39, 0.29) is 17.2 Å². The van der Waals surface area contributed by atoms with Gasteiger partial charge in [-0.3, -0.25) is 0 Å². The van der Waals surface area contributed by atoms with Gasteiger partial charge in [0.05, 0.1) is 6.10 Å². The van der Waals surface area contributed by atoms with Crippen molar-refractivity contribution in [3.05, 3.63) is 72.8 Å². The number of methoxy groups -OCH3 is 1. The highest BCUT2D eigenvalue weighted by atomic mass is 28.4. The van der Waals surface area contributed by atoms with Gasteiger partial charge in [-0.05, 0) is 54.4 Å². The maximum absolute atomic E-state index is 10.6. The first-order chi connectivity index (χ1) is 15.8. The molecule has 0 aliphatic heterocycles. The van der Waals surface area contributed by atoms with Crippen molar-refractivity contribution < 1.29 is 14.0 Å². The van der Waals surface area contributed by atoms with Crippen LogP contribution in [0, 0.1) is 0 Å². The Balaban J connectivity index is 2.04. The summed E-state index contributed by atoms with van der Waals surface area (Å²) in [6.07, 6.45) is 11.1. The molecule has 0 heterocycles. The molecule has 0 aliphatic carbocycles. The average Bonchev–Trinajstić information content (AvgIpc) is 2.81. The first-order valence-electron chi connectivity index (χ1n) is 12.3. The highest BCUT2D eigenvalue weighted by Crippen LogP contribution is 2.37. The van der Waals surface area contributed by atoms with Crippen LogP contribution in [0.2, 0.25) is 5.04 Å². The maximum atomic E-state index is 10.6. The summed E-state index contributed by atoms with van der Waals surface area (Å²) in [5, 5.41) is 2.67. The number of hydrogen-bond donors (Lipinski definition) is 0. The molecule has 2 atom stereocenters. The van der Waals surface area contributed by atoms with Gasteiger partial charge in [-0.2, -0.15) is 0 Å². The number of carbonyl (C=O) groups is 1. The van der Waals surface area contributed by atoms with E-state index in [1.54, 1.807) is 7.11 Å². The van der Waals surface area contributed by atoms with Gasteiger partial charge in [-0.15, -0.1) is 0 Å². The third-order valence-corrected chi connectivity index (χ3v) is 11.5. The molecule has 180 valence electrons. The van der Waals surface area contributed by atoms with Crippen molar-refractivity contribution >= 4 is 25.0 Å². The molecule has 2 aromatic rings. The molecule has 2 aromatic carbocycles. The molecule has 0 aromatic heterocycles. The Hall–Kier alpha value is -2.01. The minimum absolute atomic E-state index is 0.00325. The molecule has 0 bridgehead atoms. The van der Waals surface area contributed by atoms with E-state index in [0.717, 1.165) is 38.4 Å². The number of unbranched alkanes of at least 4 members (excludes halogenated alkanes) is 1. The minimum Gasteiger partial charge on any atom is -0.405 e. The van der Waals surface area contributed by atoms with Crippen molar-refractivity contribution in [1.82, 2.24) is 0 Å². The summed E-state index contributed by atoms with van der Waals surface area (Å²) >= 11 is 0. The van der Waals surface area contributed by atoms with Crippen molar-refractivity contribution in [2.45, 2.75) is 83.5 Å². The quantitative estimate of drug-likeness (QED) is 0.147. The normalized spacial score (nSPS) is 14.3. The molecule has 33 heavy (non-hydrogen) atoms. The third kappa shape index (κ3) is 7.77. The summed E-state index contributed by atoms with van der Waals surface area (Å²) in [6, 6.07) is 21.7. The zero-order valence-electron chi connectivity index (χ0n) is 21.1. The number of carbonyl (C=O) groups excluding carboxylic acids is 1. The average molecular weight is 467 g/mol. The molecule has 0 radical (unpaired) electrons. The largest absolute Gasteiger partial charge is 0.405 e. The van der Waals surface area contributed by atoms with Gasteiger partial charge >= 0.3 is 0 Å². The molecular formula is C29H42O3Si. The first-order valence-corrected chi connectivity index (χ1v) is 14.2. The Morgan fingerprint density at radius 2 is 1.42 bits per heavy atom. The van der Waals surface area contributed by atoms with Gasteiger partial charge in [0.25, 0.3) is 8.32 Å². The van der Waals surface area contributed by atoms with Gasteiger partial charge in [-0.25, -0.2) is 0 Å². The highest BCUT2D eigenvalue weighted by Gasteiger charge is 2.50. The second kappa shape index (κ2) is 13.6. The van der Waals surface area contributed by atoms with Gasteiger partial charge in [0.1, 0.15) is 6.29 Å². The minimum atomic E-state index is -2.48. The van der Waals surface area contributed by atoms with Crippen LogP contribution in [0.4, 0.5) is 0 Å². The molecule has 0 spiro atoms. The Bertz CT molecular complexity index is 787. The second-order valence-electron chi connectivity index (χ2n) is 9.83. The van der Waals surface area contributed by atoms with Crippen molar-refractivity contribution in [3.63, 3.8) is 0 Å². The van der Waals surface area contributed by atoms with Crippen LogP contribution >= 0.6 is 0 Å². The molecule has 2 rings (SSSR count). The molecule has 0 saturated heterocycles. The van der Waals surface area contributed by atoms with Crippen LogP contribution < -0.4 is 10.4 Å². The zero-order chi connectivity index (χ0) is 24.2. The lowest BCUT2D eigenvalue weighted by atomic mass is 10.1. The molecule has 0 unspecified atom stereocenters. The maximum Gasteiger partial charge on any atom is 0.261 e. The third-order valence-electron chi connectivity index (χ3n) is 6.29. The van der Waals surface area contributed by atoms with Crippen molar-refractivity contribution in [3.8, 4) is 0 Å². The van der Waals surface area contributed by atoms with Crippen LogP contribution in [-0.4, -0.2) is 33.9 Å². The van der Waals surface area contributed by atoms with E-state index < -0.39 is 8.32 Å². The number of hydrogen-bond acceptors (Lipinski definition) is 3. The van der Waals surface area contributed by atoms with Gasteiger partial charge in [0.15, 0.2) is 0 Å². The second-order valence-corrected chi connectivity index (χ2v) is 14.1. The summed E-state index contributed by atoms with van der Waals surface area (Å²) in [5.74, 6) is 0. The fraction of sp³-hybridized carbons (Fsp3) is 0.483. The van der Waals surface area contributed by atoms with E-state index in [4.69, 9.17) is 9.16 Å². The molecule has 0 amide bonds. The SMILES string of the molecule is CO[C@@H](CC=O)CC/C=C/CCC[C@H](C)O[Si](c1ccccc1)(c1ccccc1)C(C)(C)C. The molecule has 0 fully saturated rings. The van der Waals surface area contributed by atoms with E-state index in [1.807, 2.05) is 0 Å².